The van der Waals surface area contributed by atoms with Crippen molar-refractivity contribution >= 4 is 5.91 Å². The Morgan fingerprint density at radius 1 is 1.08 bits per heavy atom. The van der Waals surface area contributed by atoms with Crippen molar-refractivity contribution < 1.29 is 4.79 Å². The maximum Gasteiger partial charge on any atom is 0.257 e. The van der Waals surface area contributed by atoms with Crippen LogP contribution in [0.2, 0.25) is 0 Å². The molecular weight excluding hydrogens is 298 g/mol. The molecule has 0 unspecified atom stereocenters. The smallest absolute Gasteiger partial charge is 0.257 e. The summed E-state index contributed by atoms with van der Waals surface area (Å²) in [4.78, 5) is 14.7. The molecule has 0 saturated heterocycles. The van der Waals surface area contributed by atoms with Gasteiger partial charge in [0.1, 0.15) is 0 Å². The summed E-state index contributed by atoms with van der Waals surface area (Å²) in [6.07, 6.45) is 3.42. The Morgan fingerprint density at radius 2 is 1.79 bits per heavy atom. The van der Waals surface area contributed by atoms with Crippen LogP contribution in [0.1, 0.15) is 28.4 Å². The van der Waals surface area contributed by atoms with E-state index in [4.69, 9.17) is 0 Å². The van der Waals surface area contributed by atoms with E-state index in [1.54, 1.807) is 17.1 Å². The third-order valence-corrected chi connectivity index (χ3v) is 4.14. The van der Waals surface area contributed by atoms with Crippen LogP contribution in [0.5, 0.6) is 0 Å². The maximum absolute atomic E-state index is 12.8. The van der Waals surface area contributed by atoms with E-state index in [0.717, 1.165) is 5.69 Å². The number of hydrogen-bond donors (Lipinski definition) is 0. The van der Waals surface area contributed by atoms with Crippen molar-refractivity contribution in [2.75, 3.05) is 6.54 Å². The molecule has 0 aliphatic rings. The van der Waals surface area contributed by atoms with Crippen LogP contribution >= 0.6 is 0 Å². The number of carbonyl (C=O) groups excluding carboxylic acids is 1. The molecule has 1 heterocycles. The van der Waals surface area contributed by atoms with Gasteiger partial charge in [0, 0.05) is 19.3 Å². The summed E-state index contributed by atoms with van der Waals surface area (Å²) in [6, 6.07) is 18.0. The van der Waals surface area contributed by atoms with Crippen LogP contribution in [0.25, 0.3) is 5.69 Å². The van der Waals surface area contributed by atoms with Crippen molar-refractivity contribution in [2.24, 2.45) is 0 Å². The van der Waals surface area contributed by atoms with Crippen LogP contribution in [-0.4, -0.2) is 27.1 Å². The largest absolute Gasteiger partial charge is 0.334 e. The lowest BCUT2D eigenvalue weighted by Gasteiger charge is -2.21. The van der Waals surface area contributed by atoms with Crippen LogP contribution < -0.4 is 0 Å². The second kappa shape index (κ2) is 7.13. The lowest BCUT2D eigenvalue weighted by molar-refractivity contribution is 0.0752. The molecule has 0 spiro atoms. The third kappa shape index (κ3) is 3.38. The topological polar surface area (TPSA) is 38.1 Å². The van der Waals surface area contributed by atoms with Crippen LogP contribution in [0.3, 0.4) is 0 Å². The molecule has 0 aliphatic carbocycles. The van der Waals surface area contributed by atoms with E-state index >= 15 is 0 Å². The molecule has 0 atom stereocenters. The van der Waals surface area contributed by atoms with Gasteiger partial charge in [0.25, 0.3) is 5.91 Å². The molecule has 0 radical (unpaired) electrons. The van der Waals surface area contributed by atoms with E-state index in [9.17, 15) is 4.79 Å². The van der Waals surface area contributed by atoms with Gasteiger partial charge >= 0.3 is 0 Å². The van der Waals surface area contributed by atoms with Gasteiger partial charge in [-0.05, 0) is 37.1 Å². The minimum Gasteiger partial charge on any atom is -0.334 e. The highest BCUT2D eigenvalue weighted by Crippen LogP contribution is 2.14. The van der Waals surface area contributed by atoms with Crippen molar-refractivity contribution in [1.82, 2.24) is 14.7 Å². The highest BCUT2D eigenvalue weighted by Gasteiger charge is 2.17. The molecule has 2 aromatic carbocycles. The van der Waals surface area contributed by atoms with E-state index in [0.29, 0.717) is 18.7 Å². The van der Waals surface area contributed by atoms with E-state index in [-0.39, 0.29) is 5.91 Å². The highest BCUT2D eigenvalue weighted by atomic mass is 16.2. The first kappa shape index (κ1) is 16.0. The summed E-state index contributed by atoms with van der Waals surface area (Å²) in [7, 11) is 0. The van der Waals surface area contributed by atoms with Gasteiger partial charge in [-0.15, -0.1) is 0 Å². The lowest BCUT2D eigenvalue weighted by atomic mass is 10.1. The quantitative estimate of drug-likeness (QED) is 0.716. The number of benzene rings is 2. The second-order valence-electron chi connectivity index (χ2n) is 5.75. The Labute approximate surface area is 142 Å². The molecular formula is C20H21N3O. The molecule has 1 aromatic heterocycles. The summed E-state index contributed by atoms with van der Waals surface area (Å²) < 4.78 is 1.73. The normalized spacial score (nSPS) is 10.6. The average Bonchev–Trinajstić information content (AvgIpc) is 3.11. The molecule has 0 fully saturated rings. The summed E-state index contributed by atoms with van der Waals surface area (Å²) >= 11 is 0. The first-order valence-corrected chi connectivity index (χ1v) is 8.13. The number of para-hydroxylation sites is 1. The minimum atomic E-state index is 0.00272. The van der Waals surface area contributed by atoms with Gasteiger partial charge in [0.2, 0.25) is 0 Å². The molecule has 24 heavy (non-hydrogen) atoms. The van der Waals surface area contributed by atoms with Gasteiger partial charge in [-0.2, -0.15) is 5.10 Å². The number of hydrogen-bond acceptors (Lipinski definition) is 2. The second-order valence-corrected chi connectivity index (χ2v) is 5.75. The molecule has 0 saturated carbocycles. The van der Waals surface area contributed by atoms with Gasteiger partial charge < -0.3 is 4.90 Å². The Morgan fingerprint density at radius 3 is 2.50 bits per heavy atom. The van der Waals surface area contributed by atoms with E-state index in [2.05, 4.69) is 24.2 Å². The van der Waals surface area contributed by atoms with Crippen molar-refractivity contribution in [1.29, 1.82) is 0 Å². The Balaban J connectivity index is 1.80. The summed E-state index contributed by atoms with van der Waals surface area (Å²) in [5, 5.41) is 4.32. The van der Waals surface area contributed by atoms with E-state index < -0.39 is 0 Å². The van der Waals surface area contributed by atoms with Gasteiger partial charge in [0.15, 0.2) is 0 Å². The minimum absolute atomic E-state index is 0.00272. The van der Waals surface area contributed by atoms with Crippen molar-refractivity contribution in [3.8, 4) is 5.69 Å². The Kier molecular flexibility index (Phi) is 4.75. The standard InChI is InChI=1S/C20H21N3O/c1-3-22(14-17-10-8-7-9-16(17)2)20(24)18-13-21-23(15-18)19-11-5-4-6-12-19/h4-13,15H,3,14H2,1-2H3. The fourth-order valence-electron chi connectivity index (χ4n) is 2.66. The Bertz CT molecular complexity index is 824. The summed E-state index contributed by atoms with van der Waals surface area (Å²) in [5.41, 5.74) is 3.92. The van der Waals surface area contributed by atoms with Gasteiger partial charge in [-0.25, -0.2) is 4.68 Å². The molecule has 0 bridgehead atoms. The zero-order valence-electron chi connectivity index (χ0n) is 14.0. The summed E-state index contributed by atoms with van der Waals surface area (Å²) in [6.45, 7) is 5.33. The van der Waals surface area contributed by atoms with Gasteiger partial charge in [0.05, 0.1) is 17.4 Å². The average molecular weight is 319 g/mol. The number of nitrogens with zero attached hydrogens (tertiary/aromatic N) is 3. The molecule has 0 N–H and O–H groups in total. The van der Waals surface area contributed by atoms with Crippen LogP contribution in [0.15, 0.2) is 67.0 Å². The van der Waals surface area contributed by atoms with E-state index in [1.807, 2.05) is 54.3 Å². The number of aryl methyl sites for hydroxylation is 1. The van der Waals surface area contributed by atoms with Crippen LogP contribution in [0, 0.1) is 6.92 Å². The van der Waals surface area contributed by atoms with Crippen LogP contribution in [-0.2, 0) is 6.54 Å². The monoisotopic (exact) mass is 319 g/mol. The predicted molar refractivity (Wildman–Crippen MR) is 95.2 cm³/mol. The number of carbonyl (C=O) groups is 1. The zero-order chi connectivity index (χ0) is 16.9. The SMILES string of the molecule is CCN(Cc1ccccc1C)C(=O)c1cnn(-c2ccccc2)c1. The fraction of sp³-hybridized carbons (Fsp3) is 0.200. The zero-order valence-corrected chi connectivity index (χ0v) is 14.0. The molecule has 1 amide bonds. The van der Waals surface area contributed by atoms with Gasteiger partial charge in [-0.3, -0.25) is 4.79 Å². The molecule has 0 aliphatic heterocycles. The number of amides is 1. The molecule has 3 rings (SSSR count). The van der Waals surface area contributed by atoms with Crippen molar-refractivity contribution in [3.63, 3.8) is 0 Å². The fourth-order valence-corrected chi connectivity index (χ4v) is 2.66. The van der Waals surface area contributed by atoms with Crippen molar-refractivity contribution in [3.05, 3.63) is 83.7 Å². The molecule has 4 nitrogen and oxygen atoms in total. The van der Waals surface area contributed by atoms with E-state index in [1.165, 1.54) is 11.1 Å². The van der Waals surface area contributed by atoms with Gasteiger partial charge in [-0.1, -0.05) is 42.5 Å². The van der Waals surface area contributed by atoms with Crippen LogP contribution in [0.4, 0.5) is 0 Å². The molecule has 122 valence electrons. The predicted octanol–water partition coefficient (Wildman–Crippen LogP) is 3.84. The molecule has 4 heteroatoms. The summed E-state index contributed by atoms with van der Waals surface area (Å²) in [5.74, 6) is 0.00272. The lowest BCUT2D eigenvalue weighted by Crippen LogP contribution is -2.30. The number of rotatable bonds is 5. The van der Waals surface area contributed by atoms with Crippen molar-refractivity contribution in [2.45, 2.75) is 20.4 Å². The maximum atomic E-state index is 12.8. The first-order valence-electron chi connectivity index (χ1n) is 8.13. The molecule has 3 aromatic rings. The first-order chi connectivity index (χ1) is 11.7. The number of aromatic nitrogens is 2. The Hall–Kier alpha value is -2.88. The highest BCUT2D eigenvalue weighted by molar-refractivity contribution is 5.93. The third-order valence-electron chi connectivity index (χ3n) is 4.14.